The molecule has 1 aromatic rings. The van der Waals surface area contributed by atoms with Crippen LogP contribution in [0.25, 0.3) is 0 Å². The Kier molecular flexibility index (Phi) is 3.48. The van der Waals surface area contributed by atoms with Crippen molar-refractivity contribution < 1.29 is 4.79 Å². The third-order valence-corrected chi connectivity index (χ3v) is 3.21. The molecule has 1 aromatic carbocycles. The van der Waals surface area contributed by atoms with E-state index in [1.165, 1.54) is 5.56 Å². The molecule has 92 valence electrons. The Labute approximate surface area is 102 Å². The predicted octanol–water partition coefficient (Wildman–Crippen LogP) is 1.40. The van der Waals surface area contributed by atoms with Gasteiger partial charge in [-0.2, -0.15) is 0 Å². The second-order valence-corrected chi connectivity index (χ2v) is 4.99. The van der Waals surface area contributed by atoms with Crippen molar-refractivity contribution in [2.45, 2.75) is 38.1 Å². The van der Waals surface area contributed by atoms with Crippen LogP contribution in [-0.2, 0) is 17.6 Å². The van der Waals surface area contributed by atoms with Crippen LogP contribution < -0.4 is 11.1 Å². The molecule has 1 aliphatic rings. The van der Waals surface area contributed by atoms with Crippen LogP contribution >= 0.6 is 0 Å². The summed E-state index contributed by atoms with van der Waals surface area (Å²) in [6.07, 6.45) is 3.68. The van der Waals surface area contributed by atoms with Gasteiger partial charge in [-0.15, -0.1) is 0 Å². The van der Waals surface area contributed by atoms with Crippen LogP contribution in [0.5, 0.6) is 0 Å². The minimum atomic E-state index is 0.0566. The van der Waals surface area contributed by atoms with E-state index in [9.17, 15) is 4.79 Å². The van der Waals surface area contributed by atoms with Gasteiger partial charge in [-0.3, -0.25) is 4.79 Å². The van der Waals surface area contributed by atoms with Gasteiger partial charge in [0.05, 0.1) is 6.42 Å². The molecule has 1 fully saturated rings. The van der Waals surface area contributed by atoms with Crippen molar-refractivity contribution in [3.63, 3.8) is 0 Å². The number of benzene rings is 1. The zero-order valence-electron chi connectivity index (χ0n) is 10.3. The molecule has 17 heavy (non-hydrogen) atoms. The van der Waals surface area contributed by atoms with Gasteiger partial charge in [-0.25, -0.2) is 0 Å². The molecule has 0 saturated heterocycles. The molecule has 1 aliphatic carbocycles. The van der Waals surface area contributed by atoms with E-state index >= 15 is 0 Å². The summed E-state index contributed by atoms with van der Waals surface area (Å²) >= 11 is 0. The Morgan fingerprint density at radius 2 is 1.88 bits per heavy atom. The molecule has 0 aromatic heterocycles. The predicted molar refractivity (Wildman–Crippen MR) is 68.7 cm³/mol. The average Bonchev–Trinajstić information content (AvgIpc) is 3.00. The summed E-state index contributed by atoms with van der Waals surface area (Å²) in [6, 6.07) is 8.22. The van der Waals surface area contributed by atoms with E-state index in [4.69, 9.17) is 5.73 Å². The number of nitrogens with one attached hydrogen (secondary N) is 1. The van der Waals surface area contributed by atoms with Crippen molar-refractivity contribution in [2.75, 3.05) is 6.54 Å². The van der Waals surface area contributed by atoms with Crippen LogP contribution in [0.3, 0.4) is 0 Å². The lowest BCUT2D eigenvalue weighted by atomic mass is 10.0. The lowest BCUT2D eigenvalue weighted by Gasteiger charge is -2.09. The first-order chi connectivity index (χ1) is 8.11. The molecule has 3 nitrogen and oxygen atoms in total. The number of likely N-dealkylation sites (N-methyl/N-ethyl adjacent to an activating group) is 1. The summed E-state index contributed by atoms with van der Waals surface area (Å²) in [5.74, 6) is 0.0812. The van der Waals surface area contributed by atoms with E-state index in [2.05, 4.69) is 17.4 Å². The Morgan fingerprint density at radius 3 is 2.41 bits per heavy atom. The van der Waals surface area contributed by atoms with E-state index in [-0.39, 0.29) is 11.4 Å². The van der Waals surface area contributed by atoms with E-state index in [0.29, 0.717) is 13.0 Å². The summed E-state index contributed by atoms with van der Waals surface area (Å²) in [6.45, 7) is 2.62. The van der Waals surface area contributed by atoms with Gasteiger partial charge in [0.1, 0.15) is 0 Å². The third kappa shape index (κ3) is 3.56. The molecule has 1 amide bonds. The molecule has 0 atom stereocenters. The summed E-state index contributed by atoms with van der Waals surface area (Å²) in [7, 11) is 0. The summed E-state index contributed by atoms with van der Waals surface area (Å²) in [5, 5.41) is 2.80. The number of hydrogen-bond donors (Lipinski definition) is 2. The molecule has 3 heteroatoms. The van der Waals surface area contributed by atoms with Gasteiger partial charge in [0.15, 0.2) is 0 Å². The number of carbonyl (C=O) groups excluding carboxylic acids is 1. The quantitative estimate of drug-likeness (QED) is 0.806. The fourth-order valence-corrected chi connectivity index (χ4v) is 1.96. The second-order valence-electron chi connectivity index (χ2n) is 4.99. The molecule has 0 spiro atoms. The van der Waals surface area contributed by atoms with Crippen molar-refractivity contribution in [3.05, 3.63) is 35.4 Å². The zero-order chi connectivity index (χ0) is 12.3. The van der Waals surface area contributed by atoms with E-state index in [0.717, 1.165) is 24.8 Å². The SMILES string of the molecule is CCNC(=O)Cc1ccc(CC2(N)CC2)cc1. The highest BCUT2D eigenvalue weighted by Gasteiger charge is 2.37. The number of rotatable bonds is 5. The molecule has 0 unspecified atom stereocenters. The molecule has 3 N–H and O–H groups in total. The second kappa shape index (κ2) is 4.88. The maximum Gasteiger partial charge on any atom is 0.224 e. The van der Waals surface area contributed by atoms with Crippen LogP contribution in [-0.4, -0.2) is 18.0 Å². The highest BCUT2D eigenvalue weighted by atomic mass is 16.1. The molecule has 0 radical (unpaired) electrons. The van der Waals surface area contributed by atoms with Gasteiger partial charge in [-0.05, 0) is 37.3 Å². The minimum Gasteiger partial charge on any atom is -0.356 e. The maximum absolute atomic E-state index is 11.4. The fraction of sp³-hybridized carbons (Fsp3) is 0.500. The molecule has 0 heterocycles. The molecule has 0 bridgehead atoms. The first-order valence-corrected chi connectivity index (χ1v) is 6.25. The highest BCUT2D eigenvalue weighted by Crippen LogP contribution is 2.35. The maximum atomic E-state index is 11.4. The van der Waals surface area contributed by atoms with Crippen LogP contribution in [0, 0.1) is 0 Å². The Bertz CT molecular complexity index is 393. The summed E-state index contributed by atoms with van der Waals surface area (Å²) in [5.41, 5.74) is 8.45. The first kappa shape index (κ1) is 12.1. The zero-order valence-corrected chi connectivity index (χ0v) is 10.3. The van der Waals surface area contributed by atoms with Crippen molar-refractivity contribution in [1.82, 2.24) is 5.32 Å². The van der Waals surface area contributed by atoms with Crippen molar-refractivity contribution in [1.29, 1.82) is 0 Å². The van der Waals surface area contributed by atoms with E-state index < -0.39 is 0 Å². The first-order valence-electron chi connectivity index (χ1n) is 6.25. The normalized spacial score (nSPS) is 16.6. The van der Waals surface area contributed by atoms with Gasteiger partial charge < -0.3 is 11.1 Å². The number of carbonyl (C=O) groups is 1. The van der Waals surface area contributed by atoms with Gasteiger partial charge in [0.2, 0.25) is 5.91 Å². The fourth-order valence-electron chi connectivity index (χ4n) is 1.96. The lowest BCUT2D eigenvalue weighted by molar-refractivity contribution is -0.120. The van der Waals surface area contributed by atoms with Gasteiger partial charge in [-0.1, -0.05) is 24.3 Å². The standard InChI is InChI=1S/C14H20N2O/c1-2-16-13(17)9-11-3-5-12(6-4-11)10-14(15)7-8-14/h3-6H,2,7-10,15H2,1H3,(H,16,17). The van der Waals surface area contributed by atoms with Crippen LogP contribution in [0.2, 0.25) is 0 Å². The number of hydrogen-bond acceptors (Lipinski definition) is 2. The molecule has 2 rings (SSSR count). The molecule has 1 saturated carbocycles. The van der Waals surface area contributed by atoms with E-state index in [1.807, 2.05) is 19.1 Å². The van der Waals surface area contributed by atoms with E-state index in [1.54, 1.807) is 0 Å². The summed E-state index contributed by atoms with van der Waals surface area (Å²) in [4.78, 5) is 11.4. The molecule has 0 aliphatic heterocycles. The van der Waals surface area contributed by atoms with Crippen molar-refractivity contribution >= 4 is 5.91 Å². The Balaban J connectivity index is 1.91. The summed E-state index contributed by atoms with van der Waals surface area (Å²) < 4.78 is 0. The molecular weight excluding hydrogens is 212 g/mol. The topological polar surface area (TPSA) is 55.1 Å². The lowest BCUT2D eigenvalue weighted by Crippen LogP contribution is -2.25. The van der Waals surface area contributed by atoms with Crippen LogP contribution in [0.4, 0.5) is 0 Å². The number of amides is 1. The Hall–Kier alpha value is -1.35. The molecular formula is C14H20N2O. The highest BCUT2D eigenvalue weighted by molar-refractivity contribution is 5.78. The third-order valence-electron chi connectivity index (χ3n) is 3.21. The monoisotopic (exact) mass is 232 g/mol. The van der Waals surface area contributed by atoms with Gasteiger partial charge in [0.25, 0.3) is 0 Å². The van der Waals surface area contributed by atoms with Gasteiger partial charge >= 0.3 is 0 Å². The van der Waals surface area contributed by atoms with Crippen LogP contribution in [0.15, 0.2) is 24.3 Å². The van der Waals surface area contributed by atoms with Crippen molar-refractivity contribution in [2.24, 2.45) is 5.73 Å². The van der Waals surface area contributed by atoms with Gasteiger partial charge in [0, 0.05) is 12.1 Å². The van der Waals surface area contributed by atoms with Crippen molar-refractivity contribution in [3.8, 4) is 0 Å². The Morgan fingerprint density at radius 1 is 1.29 bits per heavy atom. The largest absolute Gasteiger partial charge is 0.356 e. The van der Waals surface area contributed by atoms with Crippen LogP contribution in [0.1, 0.15) is 30.9 Å². The minimum absolute atomic E-state index is 0.0566. The number of nitrogens with two attached hydrogens (primary N) is 1. The average molecular weight is 232 g/mol. The smallest absolute Gasteiger partial charge is 0.224 e.